The van der Waals surface area contributed by atoms with Crippen LogP contribution in [0, 0.1) is 10.1 Å². The third-order valence-corrected chi connectivity index (χ3v) is 6.83. The predicted molar refractivity (Wildman–Crippen MR) is 99.4 cm³/mol. The molecule has 0 spiro atoms. The fourth-order valence-corrected chi connectivity index (χ4v) is 4.30. The van der Waals surface area contributed by atoms with E-state index in [1.165, 1.54) is 25.7 Å². The standard InChI is InChI=1S/C16H25N2O8Si.Rf/c1-22-16-9-13(15(18(20)21)10-14(16)17-12-19)11-26-7-5-6-8-27(23-2,24-3)25-4;/h9-10H,5-8,11H2,1-4H3,(H,17,19);/q-1;. The van der Waals surface area contributed by atoms with Gasteiger partial charge in [0.15, 0.2) is 0 Å². The van der Waals surface area contributed by atoms with Crippen molar-refractivity contribution in [2.24, 2.45) is 0 Å². The van der Waals surface area contributed by atoms with Gasteiger partial charge in [0.25, 0.3) is 5.69 Å². The first-order valence-electron chi connectivity index (χ1n) is 8.18. The minimum Gasteiger partial charge on any atom is -0.513 e. The molecule has 0 aliphatic carbocycles. The van der Waals surface area contributed by atoms with Gasteiger partial charge < -0.3 is 32.9 Å². The summed E-state index contributed by atoms with van der Waals surface area (Å²) in [6, 6.07) is 3.34. The Bertz CT molecular complexity index is 623. The molecule has 10 nitrogen and oxygen atoms in total. The smallest absolute Gasteiger partial charge is 0.500 e. The average molecular weight is 668 g/mol. The summed E-state index contributed by atoms with van der Waals surface area (Å²) in [4.78, 5) is 21.2. The topological polar surface area (TPSA) is 118 Å². The first-order valence-corrected chi connectivity index (χ1v) is 10.1. The molecule has 1 rings (SSSR count). The summed E-state index contributed by atoms with van der Waals surface area (Å²) in [5.74, 6) is 0.290. The minimum atomic E-state index is -2.59. The van der Waals surface area contributed by atoms with Gasteiger partial charge in [-0.15, -0.1) is 0 Å². The Morgan fingerprint density at radius 2 is 1.79 bits per heavy atom. The van der Waals surface area contributed by atoms with E-state index in [1.807, 2.05) is 0 Å². The fourth-order valence-electron chi connectivity index (χ4n) is 2.50. The summed E-state index contributed by atoms with van der Waals surface area (Å²) in [5, 5.41) is 13.5. The Morgan fingerprint density at radius 1 is 1.14 bits per heavy atom. The molecule has 0 aliphatic rings. The van der Waals surface area contributed by atoms with Crippen molar-refractivity contribution in [3.8, 4) is 5.75 Å². The monoisotopic (exact) mass is 668 g/mol. The van der Waals surface area contributed by atoms with Crippen LogP contribution in [0.1, 0.15) is 18.4 Å². The second-order valence-corrected chi connectivity index (χ2v) is 8.56. The van der Waals surface area contributed by atoms with Gasteiger partial charge in [0.2, 0.25) is 0 Å². The van der Waals surface area contributed by atoms with E-state index in [1.54, 1.807) is 21.3 Å². The van der Waals surface area contributed by atoms with E-state index < -0.39 is 13.7 Å². The maximum atomic E-state index is 11.3. The van der Waals surface area contributed by atoms with Crippen LogP contribution in [0.4, 0.5) is 11.4 Å². The number of ether oxygens (including phenoxy) is 2. The third-order valence-electron chi connectivity index (χ3n) is 4.00. The number of nitro groups is 1. The summed E-state index contributed by atoms with van der Waals surface area (Å²) in [6.45, 7) is 0.447. The van der Waals surface area contributed by atoms with Crippen LogP contribution >= 0.6 is 0 Å². The molecule has 0 saturated carbocycles. The van der Waals surface area contributed by atoms with Crippen molar-refractivity contribution in [3.63, 3.8) is 0 Å². The SMILES string of the molecule is COc1cc(COCCCC[Si](OC)(OC)OC)c([N+](=O)[O-])cc1N[C-]=O.[Rf]. The predicted octanol–water partition coefficient (Wildman–Crippen LogP) is 2.26. The molecular weight excluding hydrogens is 643 g/mol. The molecule has 1 N–H and O–H groups in total. The number of unbranched alkanes of at least 4 members (excludes halogenated alkanes) is 1. The molecular formula is C16H25N2O8RfSi-. The molecule has 1 aromatic carbocycles. The molecule has 28 heavy (non-hydrogen) atoms. The van der Waals surface area contributed by atoms with Gasteiger partial charge in [-0.05, 0) is 25.0 Å². The third kappa shape index (κ3) is 6.59. The number of benzene rings is 1. The van der Waals surface area contributed by atoms with Crippen molar-refractivity contribution in [1.29, 1.82) is 0 Å². The van der Waals surface area contributed by atoms with Gasteiger partial charge in [-0.1, -0.05) is 5.69 Å². The molecule has 0 saturated heterocycles. The molecule has 0 atom stereocenters. The number of hydrogen-bond acceptors (Lipinski definition) is 8. The molecule has 0 fully saturated rings. The van der Waals surface area contributed by atoms with E-state index in [0.717, 1.165) is 12.8 Å². The van der Waals surface area contributed by atoms with Gasteiger partial charge in [0.1, 0.15) is 0 Å². The molecule has 0 radical (unpaired) electrons. The Morgan fingerprint density at radius 3 is 2.29 bits per heavy atom. The van der Waals surface area contributed by atoms with E-state index in [4.69, 9.17) is 22.8 Å². The average Bonchev–Trinajstić information content (AvgIpc) is 2.68. The Hall–Kier alpha value is -3.05. The number of nitro benzene ring substituents is 1. The first kappa shape index (κ1) is 24.9. The molecule has 12 heteroatoms. The van der Waals surface area contributed by atoms with E-state index in [2.05, 4.69) is 5.32 Å². The molecule has 0 aliphatic heterocycles. The number of hydrogen-bond donors (Lipinski definition) is 1. The second-order valence-electron chi connectivity index (χ2n) is 5.47. The van der Waals surface area contributed by atoms with Crippen LogP contribution in [-0.4, -0.2) is 55.2 Å². The van der Waals surface area contributed by atoms with E-state index in [-0.39, 0.29) is 18.0 Å². The van der Waals surface area contributed by atoms with Gasteiger partial charge in [-0.25, -0.2) is 0 Å². The van der Waals surface area contributed by atoms with Crippen LogP contribution in [0.5, 0.6) is 5.75 Å². The van der Waals surface area contributed by atoms with Gasteiger partial charge >= 0.3 is 8.80 Å². The van der Waals surface area contributed by atoms with Crippen molar-refractivity contribution >= 4 is 26.6 Å². The van der Waals surface area contributed by atoms with Gasteiger partial charge in [-0.3, -0.25) is 10.1 Å². The van der Waals surface area contributed by atoms with E-state index in [0.29, 0.717) is 24.0 Å². The summed E-state index contributed by atoms with van der Waals surface area (Å²) in [7, 11) is 3.49. The molecule has 0 heterocycles. The summed E-state index contributed by atoms with van der Waals surface area (Å²) >= 11 is 0. The van der Waals surface area contributed by atoms with Crippen LogP contribution in [-0.2, 0) is 29.4 Å². The molecule has 1 amide bonds. The Balaban J connectivity index is 0.00000729. The van der Waals surface area contributed by atoms with Crippen molar-refractivity contribution in [3.05, 3.63) is 27.8 Å². The fraction of sp³-hybridized carbons (Fsp3) is 0.562. The minimum absolute atomic E-state index is 0. The normalized spacial score (nSPS) is 10.9. The largest absolute Gasteiger partial charge is 0.513 e. The van der Waals surface area contributed by atoms with E-state index in [9.17, 15) is 14.9 Å². The number of nitrogens with one attached hydrogen (secondary N) is 1. The quantitative estimate of drug-likeness (QED) is 0.0802. The molecule has 0 unspecified atom stereocenters. The van der Waals surface area contributed by atoms with Crippen molar-refractivity contribution < 1.29 is 32.5 Å². The zero-order valence-corrected chi connectivity index (χ0v) is 24.0. The van der Waals surface area contributed by atoms with Crippen LogP contribution < -0.4 is 10.1 Å². The number of methoxy groups -OCH3 is 1. The number of carbonyl (C=O) groups excluding carboxylic acids is 1. The van der Waals surface area contributed by atoms with Gasteiger partial charge in [0.05, 0.1) is 36.4 Å². The maximum absolute atomic E-state index is 11.3. The Kier molecular flexibility index (Phi) is 11.0. The summed E-state index contributed by atoms with van der Waals surface area (Å²) in [6.07, 6.45) is 2.96. The molecule has 0 aromatic heterocycles. The van der Waals surface area contributed by atoms with Gasteiger partial charge in [0, 0.05) is 34.0 Å². The first-order chi connectivity index (χ1) is 13.0. The van der Waals surface area contributed by atoms with Gasteiger partial charge in [-0.2, -0.15) is 0 Å². The number of anilines is 1. The van der Waals surface area contributed by atoms with E-state index >= 15 is 0 Å². The summed E-state index contributed by atoms with van der Waals surface area (Å²) in [5.41, 5.74) is 0.351. The Labute approximate surface area is 159 Å². The molecule has 1 aromatic rings. The zero-order valence-electron chi connectivity index (χ0n) is 16.6. The van der Waals surface area contributed by atoms with Crippen LogP contribution in [0.25, 0.3) is 0 Å². The molecule has 0 bridgehead atoms. The number of rotatable bonds is 14. The zero-order chi connectivity index (χ0) is 20.3. The van der Waals surface area contributed by atoms with Crippen LogP contribution in [0.15, 0.2) is 12.1 Å². The van der Waals surface area contributed by atoms with Crippen molar-refractivity contribution in [2.75, 3.05) is 40.4 Å². The second kappa shape index (κ2) is 12.4. The number of nitrogens with zero attached hydrogens (tertiary/aromatic N) is 1. The summed E-state index contributed by atoms with van der Waals surface area (Å²) < 4.78 is 26.7. The number of amides is 1. The molecule has 154 valence electrons. The maximum Gasteiger partial charge on any atom is 0.500 e. The van der Waals surface area contributed by atoms with Crippen LogP contribution in [0.3, 0.4) is 0 Å². The van der Waals surface area contributed by atoms with Crippen molar-refractivity contribution in [1.82, 2.24) is 0 Å². The van der Waals surface area contributed by atoms with Crippen LogP contribution in [0.2, 0.25) is 6.04 Å². The van der Waals surface area contributed by atoms with Crippen molar-refractivity contribution in [2.45, 2.75) is 25.5 Å².